The maximum atomic E-state index is 12.4. The fourth-order valence-electron chi connectivity index (χ4n) is 2.96. The van der Waals surface area contributed by atoms with Gasteiger partial charge in [0.25, 0.3) is 0 Å². The Balaban J connectivity index is 1.88. The van der Waals surface area contributed by atoms with Crippen molar-refractivity contribution in [3.05, 3.63) is 29.3 Å². The van der Waals surface area contributed by atoms with Crippen LogP contribution in [0.1, 0.15) is 48.0 Å². The van der Waals surface area contributed by atoms with Crippen LogP contribution in [0.3, 0.4) is 0 Å². The van der Waals surface area contributed by atoms with Gasteiger partial charge in [0.1, 0.15) is 11.4 Å². The summed E-state index contributed by atoms with van der Waals surface area (Å²) >= 11 is 0. The number of ketones is 1. The Morgan fingerprint density at radius 2 is 2.00 bits per heavy atom. The van der Waals surface area contributed by atoms with Crippen LogP contribution < -0.4 is 4.74 Å². The summed E-state index contributed by atoms with van der Waals surface area (Å²) in [7, 11) is 0. The first kappa shape index (κ1) is 11.7. The smallest absolute Gasteiger partial charge is 0.194 e. The molecule has 1 saturated carbocycles. The molecule has 0 aromatic heterocycles. The molecule has 3 heteroatoms. The molecule has 1 aromatic rings. The third-order valence-electron chi connectivity index (χ3n) is 4.06. The molecule has 1 fully saturated rings. The van der Waals surface area contributed by atoms with Crippen LogP contribution in [0, 0.1) is 0 Å². The first-order valence-electron chi connectivity index (χ1n) is 6.72. The number of rotatable bonds is 2. The van der Waals surface area contributed by atoms with Gasteiger partial charge in [-0.15, -0.1) is 0 Å². The van der Waals surface area contributed by atoms with E-state index >= 15 is 0 Å². The van der Waals surface area contributed by atoms with E-state index in [0.717, 1.165) is 37.0 Å². The molecule has 3 nitrogen and oxygen atoms in total. The zero-order chi connectivity index (χ0) is 12.6. The molecule has 0 bridgehead atoms. The predicted molar refractivity (Wildman–Crippen MR) is 68.0 cm³/mol. The van der Waals surface area contributed by atoms with Crippen LogP contribution in [0.4, 0.5) is 0 Å². The molecule has 18 heavy (non-hydrogen) atoms. The average Bonchev–Trinajstić information content (AvgIpc) is 2.86. The summed E-state index contributed by atoms with van der Waals surface area (Å²) in [5.41, 5.74) is 0.579. The van der Waals surface area contributed by atoms with E-state index in [-0.39, 0.29) is 5.78 Å². The van der Waals surface area contributed by atoms with E-state index in [2.05, 4.69) is 0 Å². The highest BCUT2D eigenvalue weighted by atomic mass is 16.5. The minimum absolute atomic E-state index is 0.114. The van der Waals surface area contributed by atoms with Gasteiger partial charge in [-0.2, -0.15) is 0 Å². The van der Waals surface area contributed by atoms with Crippen molar-refractivity contribution in [2.75, 3.05) is 6.61 Å². The number of hydrogen-bond acceptors (Lipinski definition) is 3. The van der Waals surface area contributed by atoms with Crippen LogP contribution in [0.2, 0.25) is 0 Å². The summed E-state index contributed by atoms with van der Waals surface area (Å²) in [5, 5.41) is 10.5. The van der Waals surface area contributed by atoms with E-state index in [1.165, 1.54) is 0 Å². The summed E-state index contributed by atoms with van der Waals surface area (Å²) in [5.74, 6) is 0.763. The molecule has 1 N–H and O–H groups in total. The van der Waals surface area contributed by atoms with E-state index in [1.54, 1.807) is 6.07 Å². The van der Waals surface area contributed by atoms with Crippen LogP contribution in [0.5, 0.6) is 5.75 Å². The summed E-state index contributed by atoms with van der Waals surface area (Å²) in [4.78, 5) is 12.4. The molecule has 0 spiro atoms. The molecule has 96 valence electrons. The Morgan fingerprint density at radius 1 is 1.22 bits per heavy atom. The molecule has 1 aliphatic heterocycles. The number of fused-ring (bicyclic) bond motifs is 1. The highest BCUT2D eigenvalue weighted by Crippen LogP contribution is 2.33. The minimum Gasteiger partial charge on any atom is -0.493 e. The quantitative estimate of drug-likeness (QED) is 0.815. The lowest BCUT2D eigenvalue weighted by molar-refractivity contribution is 0.0116. The molecular weight excluding hydrogens is 228 g/mol. The third-order valence-corrected chi connectivity index (χ3v) is 4.06. The maximum absolute atomic E-state index is 12.4. The van der Waals surface area contributed by atoms with Gasteiger partial charge < -0.3 is 9.84 Å². The van der Waals surface area contributed by atoms with Crippen molar-refractivity contribution in [2.45, 2.75) is 44.1 Å². The first-order chi connectivity index (χ1) is 8.69. The van der Waals surface area contributed by atoms with Crippen LogP contribution in [0.25, 0.3) is 0 Å². The summed E-state index contributed by atoms with van der Waals surface area (Å²) in [6.07, 6.45) is 5.05. The van der Waals surface area contributed by atoms with E-state index in [1.807, 2.05) is 12.1 Å². The predicted octanol–water partition coefficient (Wildman–Crippen LogP) is 2.50. The van der Waals surface area contributed by atoms with Gasteiger partial charge in [0.05, 0.1) is 6.61 Å². The summed E-state index contributed by atoms with van der Waals surface area (Å²) in [6, 6.07) is 5.51. The highest BCUT2D eigenvalue weighted by molar-refractivity contribution is 6.02. The lowest BCUT2D eigenvalue weighted by Crippen LogP contribution is -2.40. The zero-order valence-corrected chi connectivity index (χ0v) is 10.4. The molecule has 1 heterocycles. The van der Waals surface area contributed by atoms with E-state index in [0.29, 0.717) is 25.0 Å². The second kappa shape index (κ2) is 4.39. The van der Waals surface area contributed by atoms with Gasteiger partial charge >= 0.3 is 0 Å². The normalized spacial score (nSPS) is 21.2. The SMILES string of the molecule is O=C(c1ccc2c(c1)CCO2)C1(O)CCCCC1. The average molecular weight is 246 g/mol. The second-order valence-electron chi connectivity index (χ2n) is 5.34. The third kappa shape index (κ3) is 1.93. The van der Waals surface area contributed by atoms with Crippen molar-refractivity contribution in [2.24, 2.45) is 0 Å². The Labute approximate surface area is 107 Å². The number of carbonyl (C=O) groups is 1. The molecule has 0 saturated heterocycles. The van der Waals surface area contributed by atoms with Gasteiger partial charge in [-0.05, 0) is 36.6 Å². The van der Waals surface area contributed by atoms with Crippen LogP contribution in [-0.2, 0) is 6.42 Å². The van der Waals surface area contributed by atoms with Crippen molar-refractivity contribution in [3.63, 3.8) is 0 Å². The molecule has 2 aliphatic rings. The molecule has 0 radical (unpaired) electrons. The Kier molecular flexibility index (Phi) is 2.86. The standard InChI is InChI=1S/C15H18O3/c16-14(15(17)7-2-1-3-8-15)12-4-5-13-11(10-12)6-9-18-13/h4-5,10,17H,1-3,6-9H2. The van der Waals surface area contributed by atoms with Crippen LogP contribution in [0.15, 0.2) is 18.2 Å². The topological polar surface area (TPSA) is 46.5 Å². The van der Waals surface area contributed by atoms with Crippen LogP contribution in [-0.4, -0.2) is 23.1 Å². The van der Waals surface area contributed by atoms with Crippen molar-refractivity contribution in [1.29, 1.82) is 0 Å². The maximum Gasteiger partial charge on any atom is 0.194 e. The van der Waals surface area contributed by atoms with Crippen molar-refractivity contribution in [1.82, 2.24) is 0 Å². The summed E-state index contributed by atoms with van der Waals surface area (Å²) in [6.45, 7) is 0.692. The Hall–Kier alpha value is -1.35. The number of hydrogen-bond donors (Lipinski definition) is 1. The van der Waals surface area contributed by atoms with Gasteiger partial charge in [-0.25, -0.2) is 0 Å². The van der Waals surface area contributed by atoms with Gasteiger partial charge in [0, 0.05) is 12.0 Å². The Bertz CT molecular complexity index is 473. The number of carbonyl (C=O) groups excluding carboxylic acids is 1. The molecule has 0 atom stereocenters. The van der Waals surface area contributed by atoms with Gasteiger partial charge in [-0.1, -0.05) is 19.3 Å². The molecule has 0 amide bonds. The number of benzene rings is 1. The van der Waals surface area contributed by atoms with E-state index in [4.69, 9.17) is 4.74 Å². The lowest BCUT2D eigenvalue weighted by atomic mass is 9.79. The first-order valence-corrected chi connectivity index (χ1v) is 6.72. The largest absolute Gasteiger partial charge is 0.493 e. The van der Waals surface area contributed by atoms with Crippen molar-refractivity contribution >= 4 is 5.78 Å². The van der Waals surface area contributed by atoms with E-state index < -0.39 is 5.60 Å². The minimum atomic E-state index is -1.13. The number of aliphatic hydroxyl groups is 1. The van der Waals surface area contributed by atoms with Crippen molar-refractivity contribution in [3.8, 4) is 5.75 Å². The van der Waals surface area contributed by atoms with Gasteiger partial charge in [-0.3, -0.25) is 4.79 Å². The van der Waals surface area contributed by atoms with Crippen molar-refractivity contribution < 1.29 is 14.6 Å². The zero-order valence-electron chi connectivity index (χ0n) is 10.4. The van der Waals surface area contributed by atoms with Crippen LogP contribution >= 0.6 is 0 Å². The van der Waals surface area contributed by atoms with Gasteiger partial charge in [0.2, 0.25) is 0 Å². The fourth-order valence-corrected chi connectivity index (χ4v) is 2.96. The summed E-state index contributed by atoms with van der Waals surface area (Å²) < 4.78 is 5.43. The fraction of sp³-hybridized carbons (Fsp3) is 0.533. The number of Topliss-reactive ketones (excluding diaryl/α,β-unsaturated/α-hetero) is 1. The lowest BCUT2D eigenvalue weighted by Gasteiger charge is -2.30. The highest BCUT2D eigenvalue weighted by Gasteiger charge is 2.37. The molecule has 0 unspecified atom stereocenters. The van der Waals surface area contributed by atoms with E-state index in [9.17, 15) is 9.90 Å². The second-order valence-corrected chi connectivity index (χ2v) is 5.34. The molecular formula is C15H18O3. The molecule has 3 rings (SSSR count). The molecule has 1 aromatic carbocycles. The number of ether oxygens (including phenoxy) is 1. The molecule has 1 aliphatic carbocycles. The Morgan fingerprint density at radius 3 is 2.78 bits per heavy atom. The van der Waals surface area contributed by atoms with Gasteiger partial charge in [0.15, 0.2) is 5.78 Å². The monoisotopic (exact) mass is 246 g/mol.